The summed E-state index contributed by atoms with van der Waals surface area (Å²) < 4.78 is 92.1. The zero-order valence-electron chi connectivity index (χ0n) is 25.9. The molecule has 4 aliphatic rings. The smallest absolute Gasteiger partial charge is 0.424 e. The first-order valence-electron chi connectivity index (χ1n) is 16.6. The van der Waals surface area contributed by atoms with E-state index >= 15 is 26.3 Å². The van der Waals surface area contributed by atoms with E-state index in [0.717, 1.165) is 25.7 Å². The SMILES string of the molecule is Oc1c(C2(C(F)(F)F)N[C@H]3CCCC[C@@H]3N2)cc2ccccc2c1-c1c(O)c(C2(C(F)(F)F)N[C@H]3CCCC[C@@H]3N2)cc2ccccc12. The number of fused-ring (bicyclic) bond motifs is 4. The van der Waals surface area contributed by atoms with E-state index in [2.05, 4.69) is 21.3 Å². The number of phenolic OH excluding ortho intramolecular Hbond substituents is 2. The molecule has 4 aromatic rings. The monoisotopic (exact) mass is 670 g/mol. The third kappa shape index (κ3) is 4.55. The molecule has 8 rings (SSSR count). The second kappa shape index (κ2) is 11.0. The van der Waals surface area contributed by atoms with Crippen LogP contribution in [0.2, 0.25) is 0 Å². The zero-order valence-corrected chi connectivity index (χ0v) is 25.9. The van der Waals surface area contributed by atoms with Gasteiger partial charge in [-0.25, -0.2) is 0 Å². The first-order chi connectivity index (χ1) is 22.8. The Labute approximate surface area is 272 Å². The summed E-state index contributed by atoms with van der Waals surface area (Å²) in [4.78, 5) is 0. The molecule has 0 spiro atoms. The summed E-state index contributed by atoms with van der Waals surface area (Å²) in [5, 5.41) is 36.6. The summed E-state index contributed by atoms with van der Waals surface area (Å²) in [5.41, 5.74) is -7.02. The highest BCUT2D eigenvalue weighted by Crippen LogP contribution is 2.55. The van der Waals surface area contributed by atoms with Crippen LogP contribution >= 0.6 is 0 Å². The number of rotatable bonds is 3. The molecule has 2 aliphatic carbocycles. The van der Waals surface area contributed by atoms with Gasteiger partial charge in [-0.3, -0.25) is 21.3 Å². The third-order valence-electron chi connectivity index (χ3n) is 11.1. The Kier molecular flexibility index (Phi) is 7.23. The number of hydrogen-bond donors (Lipinski definition) is 6. The number of benzene rings is 4. The van der Waals surface area contributed by atoms with E-state index in [1.807, 2.05) is 0 Å². The molecule has 0 aromatic heterocycles. The number of phenols is 2. The summed E-state index contributed by atoms with van der Waals surface area (Å²) >= 11 is 0. The summed E-state index contributed by atoms with van der Waals surface area (Å²) in [6.45, 7) is 0. The van der Waals surface area contributed by atoms with Crippen LogP contribution < -0.4 is 21.3 Å². The molecule has 6 nitrogen and oxygen atoms in total. The fourth-order valence-electron chi connectivity index (χ4n) is 8.84. The van der Waals surface area contributed by atoms with Gasteiger partial charge < -0.3 is 10.2 Å². The van der Waals surface area contributed by atoms with Crippen LogP contribution in [0.15, 0.2) is 60.7 Å². The maximum atomic E-state index is 15.4. The maximum absolute atomic E-state index is 15.4. The minimum Gasteiger partial charge on any atom is -0.507 e. The first kappa shape index (κ1) is 31.7. The van der Waals surface area contributed by atoms with Crippen molar-refractivity contribution in [1.29, 1.82) is 0 Å². The molecule has 4 fully saturated rings. The lowest BCUT2D eigenvalue weighted by Crippen LogP contribution is -2.58. The minimum absolute atomic E-state index is 0.173. The van der Waals surface area contributed by atoms with Crippen molar-refractivity contribution in [1.82, 2.24) is 21.3 Å². The molecular formula is C36H36F6N4O2. The molecular weight excluding hydrogens is 634 g/mol. The molecule has 2 saturated carbocycles. The molecule has 12 heteroatoms. The number of aromatic hydroxyl groups is 2. The lowest BCUT2D eigenvalue weighted by Gasteiger charge is -2.36. The van der Waals surface area contributed by atoms with Gasteiger partial charge in [-0.05, 0) is 59.4 Å². The van der Waals surface area contributed by atoms with Crippen LogP contribution in [0.3, 0.4) is 0 Å². The number of halogens is 6. The number of hydrogen-bond acceptors (Lipinski definition) is 6. The Bertz CT molecular complexity index is 1740. The molecule has 4 aromatic carbocycles. The predicted molar refractivity (Wildman–Crippen MR) is 170 cm³/mol. The Hall–Kier alpha value is -3.58. The van der Waals surface area contributed by atoms with Crippen molar-refractivity contribution >= 4 is 21.5 Å². The van der Waals surface area contributed by atoms with Crippen molar-refractivity contribution in [2.45, 2.75) is 99.2 Å². The van der Waals surface area contributed by atoms with Gasteiger partial charge in [0.2, 0.25) is 0 Å². The van der Waals surface area contributed by atoms with Gasteiger partial charge in [0.25, 0.3) is 0 Å². The standard InChI is InChI=1S/C36H36F6N4O2/c37-35(38,39)33(43-25-13-5-6-14-26(25)44-33)23-17-19-9-1-3-11-21(19)29(31(23)47)30-22-12-4-2-10-20(22)18-24(32(30)48)34(36(40,41)42)45-27-15-7-8-16-28(27)46-34/h1-4,9-12,17-18,25-28,43-48H,5-8,13-16H2/t25-,26-,27-,28-/m0/s1. The Morgan fingerprint density at radius 1 is 0.521 bits per heavy atom. The van der Waals surface area contributed by atoms with E-state index in [9.17, 15) is 10.2 Å². The highest BCUT2D eigenvalue weighted by atomic mass is 19.4. The van der Waals surface area contributed by atoms with Crippen molar-refractivity contribution in [3.63, 3.8) is 0 Å². The predicted octanol–water partition coefficient (Wildman–Crippen LogP) is 7.51. The fourth-order valence-corrected chi connectivity index (χ4v) is 8.84. The van der Waals surface area contributed by atoms with Crippen molar-refractivity contribution in [2.75, 3.05) is 0 Å². The van der Waals surface area contributed by atoms with Gasteiger partial charge in [-0.2, -0.15) is 26.3 Å². The Balaban J connectivity index is 1.43. The number of nitrogens with one attached hydrogen (secondary N) is 4. The maximum Gasteiger partial charge on any atom is 0.424 e. The van der Waals surface area contributed by atoms with E-state index in [4.69, 9.17) is 0 Å². The van der Waals surface area contributed by atoms with E-state index in [1.54, 1.807) is 48.5 Å². The molecule has 0 bridgehead atoms. The fraction of sp³-hybridized carbons (Fsp3) is 0.444. The first-order valence-corrected chi connectivity index (χ1v) is 16.6. The van der Waals surface area contributed by atoms with Gasteiger partial charge in [0, 0.05) is 46.4 Å². The molecule has 254 valence electrons. The van der Waals surface area contributed by atoms with Gasteiger partial charge in [0.05, 0.1) is 0 Å². The molecule has 48 heavy (non-hydrogen) atoms. The highest BCUT2D eigenvalue weighted by Gasteiger charge is 2.65. The van der Waals surface area contributed by atoms with Crippen molar-refractivity contribution in [2.24, 2.45) is 0 Å². The summed E-state index contributed by atoms with van der Waals surface area (Å²) in [7, 11) is 0. The molecule has 2 aliphatic heterocycles. The van der Waals surface area contributed by atoms with E-state index < -0.39 is 70.5 Å². The molecule has 0 amide bonds. The largest absolute Gasteiger partial charge is 0.507 e. The summed E-state index contributed by atoms with van der Waals surface area (Å²) in [6.07, 6.45) is -4.71. The van der Waals surface area contributed by atoms with Crippen LogP contribution in [0.25, 0.3) is 32.7 Å². The molecule has 0 radical (unpaired) electrons. The van der Waals surface area contributed by atoms with Gasteiger partial charge in [0.15, 0.2) is 11.3 Å². The average molecular weight is 671 g/mol. The van der Waals surface area contributed by atoms with Crippen LogP contribution in [-0.2, 0) is 11.3 Å². The van der Waals surface area contributed by atoms with Gasteiger partial charge in [0.1, 0.15) is 11.5 Å². The average Bonchev–Trinajstić information content (AvgIpc) is 3.66. The van der Waals surface area contributed by atoms with Gasteiger partial charge in [-0.15, -0.1) is 0 Å². The van der Waals surface area contributed by atoms with Crippen molar-refractivity contribution in [3.8, 4) is 22.6 Å². The van der Waals surface area contributed by atoms with Crippen LogP contribution in [-0.4, -0.2) is 46.7 Å². The molecule has 4 atom stereocenters. The lowest BCUT2D eigenvalue weighted by molar-refractivity contribution is -0.206. The second-order valence-electron chi connectivity index (χ2n) is 13.8. The Morgan fingerprint density at radius 2 is 0.833 bits per heavy atom. The van der Waals surface area contributed by atoms with Gasteiger partial charge >= 0.3 is 12.4 Å². The Morgan fingerprint density at radius 3 is 1.15 bits per heavy atom. The quantitative estimate of drug-likeness (QED) is 0.127. The number of alkyl halides is 6. The van der Waals surface area contributed by atoms with E-state index in [-0.39, 0.29) is 21.9 Å². The third-order valence-corrected chi connectivity index (χ3v) is 11.1. The van der Waals surface area contributed by atoms with E-state index in [1.165, 1.54) is 12.1 Å². The highest BCUT2D eigenvalue weighted by molar-refractivity contribution is 6.11. The second-order valence-corrected chi connectivity index (χ2v) is 13.8. The van der Waals surface area contributed by atoms with Crippen LogP contribution in [0, 0.1) is 0 Å². The summed E-state index contributed by atoms with van der Waals surface area (Å²) in [6, 6.07) is 13.5. The molecule has 2 saturated heterocycles. The van der Waals surface area contributed by atoms with Crippen LogP contribution in [0.1, 0.15) is 62.5 Å². The lowest BCUT2D eigenvalue weighted by atomic mass is 9.84. The van der Waals surface area contributed by atoms with Crippen LogP contribution in [0.5, 0.6) is 11.5 Å². The normalized spacial score (nSPS) is 26.9. The topological polar surface area (TPSA) is 88.6 Å². The summed E-state index contributed by atoms with van der Waals surface area (Å²) in [5.74, 6) is -1.55. The van der Waals surface area contributed by atoms with Gasteiger partial charge in [-0.1, -0.05) is 74.2 Å². The minimum atomic E-state index is -4.91. The zero-order chi connectivity index (χ0) is 33.6. The van der Waals surface area contributed by atoms with Crippen LogP contribution in [0.4, 0.5) is 26.3 Å². The molecule has 0 unspecified atom stereocenters. The van der Waals surface area contributed by atoms with E-state index in [0.29, 0.717) is 36.5 Å². The van der Waals surface area contributed by atoms with Crippen molar-refractivity contribution < 1.29 is 36.6 Å². The molecule has 2 heterocycles. The molecule has 6 N–H and O–H groups in total. The van der Waals surface area contributed by atoms with Crippen molar-refractivity contribution in [3.05, 3.63) is 71.8 Å².